The van der Waals surface area contributed by atoms with E-state index in [1.165, 1.54) is 18.2 Å². The molecule has 0 spiro atoms. The number of rotatable bonds is 13. The van der Waals surface area contributed by atoms with Gasteiger partial charge in [-0.15, -0.1) is 0 Å². The predicted molar refractivity (Wildman–Crippen MR) is 148 cm³/mol. The van der Waals surface area contributed by atoms with Gasteiger partial charge in [0.1, 0.15) is 24.5 Å². The van der Waals surface area contributed by atoms with Gasteiger partial charge >= 0.3 is 5.97 Å². The van der Waals surface area contributed by atoms with E-state index in [2.05, 4.69) is 36.0 Å². The lowest BCUT2D eigenvalue weighted by Gasteiger charge is -2.36. The van der Waals surface area contributed by atoms with E-state index < -0.39 is 11.6 Å². The molecule has 1 amide bonds. The first kappa shape index (κ1) is 30.4. The van der Waals surface area contributed by atoms with Crippen LogP contribution in [0.2, 0.25) is 0 Å². The topological polar surface area (TPSA) is 84.9 Å². The van der Waals surface area contributed by atoms with Crippen LogP contribution in [0.3, 0.4) is 0 Å². The van der Waals surface area contributed by atoms with E-state index in [0.717, 1.165) is 36.1 Å². The average molecular weight is 512 g/mol. The zero-order valence-corrected chi connectivity index (χ0v) is 23.8. The van der Waals surface area contributed by atoms with Gasteiger partial charge in [-0.1, -0.05) is 58.9 Å². The lowest BCUT2D eigenvalue weighted by molar-refractivity contribution is -0.139. The number of nitrogens with one attached hydrogen (secondary N) is 1. The summed E-state index contributed by atoms with van der Waals surface area (Å²) in [5.74, 6) is 0.663. The van der Waals surface area contributed by atoms with Crippen molar-refractivity contribution in [1.82, 2.24) is 5.32 Å². The SMILES string of the molecule is CCC(CCc1ccc(C(=O)NCC(=O)OC)c(C)c1)c1ccc(OCC(O)(C(C)C)C(C)C)c(C)c1. The van der Waals surface area contributed by atoms with E-state index in [1.54, 1.807) is 0 Å². The van der Waals surface area contributed by atoms with Crippen LogP contribution >= 0.6 is 0 Å². The predicted octanol–water partition coefficient (Wildman–Crippen LogP) is 5.75. The Morgan fingerprint density at radius 3 is 2.22 bits per heavy atom. The number of carbonyl (C=O) groups excluding carboxylic acids is 2. The third kappa shape index (κ3) is 8.06. The first-order valence-corrected chi connectivity index (χ1v) is 13.3. The molecule has 0 bridgehead atoms. The number of hydrogen-bond acceptors (Lipinski definition) is 5. The first-order valence-electron chi connectivity index (χ1n) is 13.3. The minimum Gasteiger partial charge on any atom is -0.490 e. The molecule has 2 N–H and O–H groups in total. The van der Waals surface area contributed by atoms with Crippen molar-refractivity contribution in [3.05, 3.63) is 64.2 Å². The maximum Gasteiger partial charge on any atom is 0.325 e. The number of aryl methyl sites for hydroxylation is 3. The van der Waals surface area contributed by atoms with Crippen LogP contribution in [-0.4, -0.2) is 42.8 Å². The molecule has 0 aliphatic rings. The molecule has 1 atom stereocenters. The summed E-state index contributed by atoms with van der Waals surface area (Å²) >= 11 is 0. The highest BCUT2D eigenvalue weighted by molar-refractivity contribution is 5.97. The second kappa shape index (κ2) is 13.6. The number of esters is 1. The Bertz CT molecular complexity index is 1050. The van der Waals surface area contributed by atoms with Gasteiger partial charge in [0, 0.05) is 5.56 Å². The highest BCUT2D eigenvalue weighted by atomic mass is 16.5. The van der Waals surface area contributed by atoms with Crippen LogP contribution in [0, 0.1) is 25.7 Å². The molecule has 0 aliphatic carbocycles. The molecule has 0 aromatic heterocycles. The molecule has 0 saturated carbocycles. The molecule has 2 aromatic rings. The van der Waals surface area contributed by atoms with Crippen LogP contribution in [0.25, 0.3) is 0 Å². The minimum absolute atomic E-state index is 0.100. The summed E-state index contributed by atoms with van der Waals surface area (Å²) in [6.45, 7) is 14.4. The van der Waals surface area contributed by atoms with Gasteiger partial charge in [-0.2, -0.15) is 0 Å². The van der Waals surface area contributed by atoms with Gasteiger partial charge in [-0.25, -0.2) is 0 Å². The van der Waals surface area contributed by atoms with Crippen LogP contribution < -0.4 is 10.1 Å². The number of methoxy groups -OCH3 is 1. The molecule has 0 heterocycles. The number of hydrogen-bond donors (Lipinski definition) is 2. The van der Waals surface area contributed by atoms with E-state index in [0.29, 0.717) is 11.5 Å². The first-order chi connectivity index (χ1) is 17.4. The Hall–Kier alpha value is -2.86. The summed E-state index contributed by atoms with van der Waals surface area (Å²) in [4.78, 5) is 23.7. The Morgan fingerprint density at radius 1 is 1.00 bits per heavy atom. The largest absolute Gasteiger partial charge is 0.490 e. The average Bonchev–Trinajstić information content (AvgIpc) is 2.86. The Labute approximate surface area is 222 Å². The Balaban J connectivity index is 2.04. The zero-order chi connectivity index (χ0) is 27.8. The van der Waals surface area contributed by atoms with Crippen molar-refractivity contribution in [2.24, 2.45) is 11.8 Å². The number of amides is 1. The van der Waals surface area contributed by atoms with Gasteiger partial charge in [0.05, 0.1) is 7.11 Å². The summed E-state index contributed by atoms with van der Waals surface area (Å²) in [5.41, 5.74) is 4.11. The third-order valence-corrected chi connectivity index (χ3v) is 7.56. The molecule has 204 valence electrons. The summed E-state index contributed by atoms with van der Waals surface area (Å²) < 4.78 is 10.7. The van der Waals surface area contributed by atoms with Gasteiger partial charge in [0.25, 0.3) is 5.91 Å². The molecular weight excluding hydrogens is 466 g/mol. The van der Waals surface area contributed by atoms with Crippen LogP contribution in [0.5, 0.6) is 5.75 Å². The molecule has 0 aliphatic heterocycles. The lowest BCUT2D eigenvalue weighted by Crippen LogP contribution is -2.46. The zero-order valence-electron chi connectivity index (χ0n) is 23.8. The molecule has 0 fully saturated rings. The van der Waals surface area contributed by atoms with Crippen molar-refractivity contribution in [2.75, 3.05) is 20.3 Å². The maximum atomic E-state index is 12.4. The summed E-state index contributed by atoms with van der Waals surface area (Å²) in [6, 6.07) is 12.2. The minimum atomic E-state index is -0.868. The van der Waals surface area contributed by atoms with Crippen molar-refractivity contribution in [3.63, 3.8) is 0 Å². The molecule has 1 unspecified atom stereocenters. The van der Waals surface area contributed by atoms with E-state index in [-0.39, 0.29) is 30.9 Å². The molecular formula is C31H45NO5. The van der Waals surface area contributed by atoms with Crippen molar-refractivity contribution in [1.29, 1.82) is 0 Å². The number of ether oxygens (including phenoxy) is 2. The fourth-order valence-corrected chi connectivity index (χ4v) is 4.69. The van der Waals surface area contributed by atoms with Crippen molar-refractivity contribution in [3.8, 4) is 5.75 Å². The fourth-order valence-electron chi connectivity index (χ4n) is 4.69. The van der Waals surface area contributed by atoms with Crippen LogP contribution in [-0.2, 0) is 16.0 Å². The van der Waals surface area contributed by atoms with E-state index in [1.807, 2.05) is 58.9 Å². The normalized spacial score (nSPS) is 12.5. The highest BCUT2D eigenvalue weighted by Gasteiger charge is 2.35. The summed E-state index contributed by atoms with van der Waals surface area (Å²) in [6.07, 6.45) is 2.91. The smallest absolute Gasteiger partial charge is 0.325 e. The number of aliphatic hydroxyl groups is 1. The van der Waals surface area contributed by atoms with Crippen molar-refractivity contribution >= 4 is 11.9 Å². The molecule has 2 rings (SSSR count). The van der Waals surface area contributed by atoms with Crippen molar-refractivity contribution in [2.45, 2.75) is 79.2 Å². The molecule has 37 heavy (non-hydrogen) atoms. The van der Waals surface area contributed by atoms with Gasteiger partial charge in [0.15, 0.2) is 0 Å². The lowest BCUT2D eigenvalue weighted by atomic mass is 9.81. The third-order valence-electron chi connectivity index (χ3n) is 7.56. The van der Waals surface area contributed by atoms with Gasteiger partial charge < -0.3 is 19.9 Å². The van der Waals surface area contributed by atoms with Gasteiger partial charge in [0.2, 0.25) is 0 Å². The molecule has 2 aromatic carbocycles. The maximum absolute atomic E-state index is 12.4. The molecule has 0 saturated heterocycles. The quantitative estimate of drug-likeness (QED) is 0.334. The van der Waals surface area contributed by atoms with Gasteiger partial charge in [-0.3, -0.25) is 9.59 Å². The number of benzene rings is 2. The fraction of sp³-hybridized carbons (Fsp3) is 0.548. The molecule has 6 nitrogen and oxygen atoms in total. The van der Waals surface area contributed by atoms with Gasteiger partial charge in [-0.05, 0) is 85.3 Å². The Kier molecular flexibility index (Phi) is 11.2. The number of carbonyl (C=O) groups is 2. The van der Waals surface area contributed by atoms with Crippen LogP contribution in [0.1, 0.15) is 86.0 Å². The monoisotopic (exact) mass is 511 g/mol. The Morgan fingerprint density at radius 2 is 1.68 bits per heavy atom. The molecule has 6 heteroatoms. The van der Waals surface area contributed by atoms with Crippen molar-refractivity contribution < 1.29 is 24.2 Å². The summed E-state index contributed by atoms with van der Waals surface area (Å²) in [5, 5.41) is 13.6. The van der Waals surface area contributed by atoms with Crippen LogP contribution in [0.4, 0.5) is 0 Å². The second-order valence-corrected chi connectivity index (χ2v) is 10.7. The van der Waals surface area contributed by atoms with E-state index in [4.69, 9.17) is 4.74 Å². The van der Waals surface area contributed by atoms with E-state index in [9.17, 15) is 14.7 Å². The highest BCUT2D eigenvalue weighted by Crippen LogP contribution is 2.32. The standard InChI is InChI=1S/C31H45NO5/c1-9-25(12-10-24-11-14-27(22(6)16-24)30(34)32-18-29(33)36-8)26-13-15-28(23(7)17-26)37-19-31(35,20(2)3)21(4)5/h11,13-17,20-21,25,35H,9-10,12,18-19H2,1-8H3,(H,32,34). The van der Waals surface area contributed by atoms with Crippen LogP contribution in [0.15, 0.2) is 36.4 Å². The van der Waals surface area contributed by atoms with E-state index >= 15 is 0 Å². The second-order valence-electron chi connectivity index (χ2n) is 10.7. The molecule has 0 radical (unpaired) electrons. The summed E-state index contributed by atoms with van der Waals surface area (Å²) in [7, 11) is 1.29.